The van der Waals surface area contributed by atoms with Crippen LogP contribution in [0.1, 0.15) is 26.5 Å². The van der Waals surface area contributed by atoms with E-state index in [0.29, 0.717) is 0 Å². The third kappa shape index (κ3) is 1.77. The second kappa shape index (κ2) is 3.98. The van der Waals surface area contributed by atoms with Gasteiger partial charge in [0.25, 0.3) is 0 Å². The minimum Gasteiger partial charge on any atom is -0.496 e. The van der Waals surface area contributed by atoms with Gasteiger partial charge in [0, 0.05) is 21.6 Å². The van der Waals surface area contributed by atoms with Gasteiger partial charge < -0.3 is 9.26 Å². The van der Waals surface area contributed by atoms with Gasteiger partial charge in [-0.1, -0.05) is 50.2 Å². The molecule has 1 heterocycles. The van der Waals surface area contributed by atoms with E-state index >= 15 is 0 Å². The highest BCUT2D eigenvalue weighted by Gasteiger charge is 2.23. The SMILES string of the molecule is COc1cc2c(C(C)(C)C)noc2c2ccccc12. The first-order chi connectivity index (χ1) is 9.02. The molecular weight excluding hydrogens is 238 g/mol. The van der Waals surface area contributed by atoms with Crippen molar-refractivity contribution in [3.63, 3.8) is 0 Å². The van der Waals surface area contributed by atoms with Crippen molar-refractivity contribution in [3.8, 4) is 5.75 Å². The summed E-state index contributed by atoms with van der Waals surface area (Å²) in [6.07, 6.45) is 0. The topological polar surface area (TPSA) is 35.3 Å². The molecule has 0 aliphatic rings. The van der Waals surface area contributed by atoms with Crippen molar-refractivity contribution in [1.82, 2.24) is 5.16 Å². The van der Waals surface area contributed by atoms with Gasteiger partial charge in [-0.05, 0) is 6.07 Å². The fourth-order valence-electron chi connectivity index (χ4n) is 2.44. The van der Waals surface area contributed by atoms with Crippen molar-refractivity contribution in [2.75, 3.05) is 7.11 Å². The number of rotatable bonds is 1. The van der Waals surface area contributed by atoms with E-state index in [0.717, 1.165) is 33.2 Å². The quantitative estimate of drug-likeness (QED) is 0.650. The summed E-state index contributed by atoms with van der Waals surface area (Å²) in [6, 6.07) is 10.1. The Hall–Kier alpha value is -2.03. The summed E-state index contributed by atoms with van der Waals surface area (Å²) in [5.74, 6) is 0.858. The molecule has 98 valence electrons. The van der Waals surface area contributed by atoms with Crippen molar-refractivity contribution in [2.45, 2.75) is 26.2 Å². The number of benzene rings is 2. The first-order valence-electron chi connectivity index (χ1n) is 6.38. The Morgan fingerprint density at radius 3 is 2.37 bits per heavy atom. The summed E-state index contributed by atoms with van der Waals surface area (Å²) >= 11 is 0. The molecule has 3 rings (SSSR count). The van der Waals surface area contributed by atoms with E-state index in [9.17, 15) is 0 Å². The number of fused-ring (bicyclic) bond motifs is 3. The Kier molecular flexibility index (Phi) is 2.52. The lowest BCUT2D eigenvalue weighted by Crippen LogP contribution is -2.11. The molecule has 0 amide bonds. The number of aromatic nitrogens is 1. The zero-order chi connectivity index (χ0) is 13.6. The Morgan fingerprint density at radius 1 is 1.05 bits per heavy atom. The number of methoxy groups -OCH3 is 1. The molecule has 0 saturated heterocycles. The van der Waals surface area contributed by atoms with E-state index in [4.69, 9.17) is 9.26 Å². The van der Waals surface area contributed by atoms with E-state index in [2.05, 4.69) is 25.9 Å². The monoisotopic (exact) mass is 255 g/mol. The molecule has 0 atom stereocenters. The van der Waals surface area contributed by atoms with Crippen LogP contribution in [0.15, 0.2) is 34.9 Å². The molecule has 0 spiro atoms. The molecule has 1 aromatic heterocycles. The van der Waals surface area contributed by atoms with Crippen LogP contribution in [0, 0.1) is 0 Å². The van der Waals surface area contributed by atoms with Crippen molar-refractivity contribution in [2.24, 2.45) is 0 Å². The molecule has 0 saturated carbocycles. The number of hydrogen-bond acceptors (Lipinski definition) is 3. The van der Waals surface area contributed by atoms with Crippen LogP contribution < -0.4 is 4.74 Å². The highest BCUT2D eigenvalue weighted by atomic mass is 16.5. The first kappa shape index (κ1) is 12.0. The Labute approximate surface area is 112 Å². The van der Waals surface area contributed by atoms with Crippen molar-refractivity contribution >= 4 is 21.7 Å². The maximum absolute atomic E-state index is 5.58. The average molecular weight is 255 g/mol. The lowest BCUT2D eigenvalue weighted by molar-refractivity contribution is 0.419. The number of nitrogens with zero attached hydrogens (tertiary/aromatic N) is 1. The Bertz CT molecular complexity index is 750. The van der Waals surface area contributed by atoms with Gasteiger partial charge in [0.05, 0.1) is 12.8 Å². The summed E-state index contributed by atoms with van der Waals surface area (Å²) in [4.78, 5) is 0. The second-order valence-electron chi connectivity index (χ2n) is 5.78. The molecule has 0 aliphatic heterocycles. The lowest BCUT2D eigenvalue weighted by Gasteiger charge is -2.15. The van der Waals surface area contributed by atoms with E-state index < -0.39 is 0 Å². The molecule has 0 bridgehead atoms. The first-order valence-corrected chi connectivity index (χ1v) is 6.38. The summed E-state index contributed by atoms with van der Waals surface area (Å²) in [5.41, 5.74) is 1.74. The van der Waals surface area contributed by atoms with Crippen LogP contribution in [0.4, 0.5) is 0 Å². The predicted molar refractivity (Wildman–Crippen MR) is 76.8 cm³/mol. The summed E-state index contributed by atoms with van der Waals surface area (Å²) in [6.45, 7) is 6.39. The van der Waals surface area contributed by atoms with Crippen molar-refractivity contribution < 1.29 is 9.26 Å². The van der Waals surface area contributed by atoms with Gasteiger partial charge in [-0.2, -0.15) is 0 Å². The molecule has 2 aromatic carbocycles. The Balaban J connectivity index is 2.47. The van der Waals surface area contributed by atoms with Gasteiger partial charge >= 0.3 is 0 Å². The van der Waals surface area contributed by atoms with Gasteiger partial charge in [-0.15, -0.1) is 0 Å². The predicted octanol–water partition coefficient (Wildman–Crippen LogP) is 4.29. The van der Waals surface area contributed by atoms with Crippen LogP contribution in [0.25, 0.3) is 21.7 Å². The molecule has 3 nitrogen and oxygen atoms in total. The molecule has 0 unspecified atom stereocenters. The van der Waals surface area contributed by atoms with Crippen LogP contribution in [0.5, 0.6) is 5.75 Å². The molecule has 19 heavy (non-hydrogen) atoms. The van der Waals surface area contributed by atoms with Crippen LogP contribution in [-0.4, -0.2) is 12.3 Å². The molecule has 3 aromatic rings. The minimum absolute atomic E-state index is 0.0568. The van der Waals surface area contributed by atoms with E-state index in [1.165, 1.54) is 0 Å². The van der Waals surface area contributed by atoms with E-state index in [-0.39, 0.29) is 5.41 Å². The van der Waals surface area contributed by atoms with Gasteiger partial charge in [0.2, 0.25) is 0 Å². The van der Waals surface area contributed by atoms with Crippen molar-refractivity contribution in [1.29, 1.82) is 0 Å². The minimum atomic E-state index is -0.0568. The lowest BCUT2D eigenvalue weighted by atomic mass is 9.89. The van der Waals surface area contributed by atoms with Gasteiger partial charge in [-0.3, -0.25) is 0 Å². The van der Waals surface area contributed by atoms with Crippen molar-refractivity contribution in [3.05, 3.63) is 36.0 Å². The van der Waals surface area contributed by atoms with Gasteiger partial charge in [-0.25, -0.2) is 0 Å². The maximum atomic E-state index is 5.58. The zero-order valence-electron chi connectivity index (χ0n) is 11.7. The van der Waals surface area contributed by atoms with Crippen LogP contribution in [0.3, 0.4) is 0 Å². The Morgan fingerprint density at radius 2 is 1.74 bits per heavy atom. The van der Waals surface area contributed by atoms with Gasteiger partial charge in [0.15, 0.2) is 5.58 Å². The van der Waals surface area contributed by atoms with Crippen LogP contribution in [0.2, 0.25) is 0 Å². The molecule has 3 heteroatoms. The van der Waals surface area contributed by atoms with Crippen LogP contribution >= 0.6 is 0 Å². The molecular formula is C16H17NO2. The zero-order valence-corrected chi connectivity index (χ0v) is 11.7. The summed E-state index contributed by atoms with van der Waals surface area (Å²) in [5, 5.41) is 7.38. The summed E-state index contributed by atoms with van der Waals surface area (Å²) in [7, 11) is 1.69. The fraction of sp³-hybridized carbons (Fsp3) is 0.312. The normalized spacial score (nSPS) is 12.2. The average Bonchev–Trinajstić information content (AvgIpc) is 2.81. The molecule has 0 N–H and O–H groups in total. The maximum Gasteiger partial charge on any atom is 0.175 e. The van der Waals surface area contributed by atoms with Gasteiger partial charge in [0.1, 0.15) is 5.75 Å². The molecule has 0 radical (unpaired) electrons. The fourth-order valence-corrected chi connectivity index (χ4v) is 2.44. The largest absolute Gasteiger partial charge is 0.496 e. The molecule has 0 fully saturated rings. The van der Waals surface area contributed by atoms with Crippen LogP contribution in [-0.2, 0) is 5.41 Å². The highest BCUT2D eigenvalue weighted by Crippen LogP contribution is 2.38. The summed E-state index contributed by atoms with van der Waals surface area (Å²) < 4.78 is 11.1. The third-order valence-electron chi connectivity index (χ3n) is 3.37. The number of hydrogen-bond donors (Lipinski definition) is 0. The third-order valence-corrected chi connectivity index (χ3v) is 3.37. The molecule has 0 aliphatic carbocycles. The van der Waals surface area contributed by atoms with E-state index in [1.54, 1.807) is 7.11 Å². The smallest absolute Gasteiger partial charge is 0.175 e. The second-order valence-corrected chi connectivity index (χ2v) is 5.78. The standard InChI is InChI=1S/C16H17NO2/c1-16(2,3)15-12-9-13(18-4)10-7-5-6-8-11(10)14(12)19-17-15/h5-9H,1-4H3. The van der Waals surface area contributed by atoms with E-state index in [1.807, 2.05) is 30.3 Å². The number of ether oxygens (including phenoxy) is 1. The highest BCUT2D eigenvalue weighted by molar-refractivity contribution is 6.08.